The van der Waals surface area contributed by atoms with Crippen LogP contribution in [0.5, 0.6) is 0 Å². The van der Waals surface area contributed by atoms with Gasteiger partial charge in [-0.3, -0.25) is 4.79 Å². The first-order valence-electron chi connectivity index (χ1n) is 25.4. The van der Waals surface area contributed by atoms with E-state index in [9.17, 15) is 25.2 Å². The largest absolute Gasteiger partial charge is 0.457 e. The molecule has 1 saturated heterocycles. The number of ether oxygens (including phenoxy) is 4. The minimum Gasteiger partial charge on any atom is -0.457 e. The van der Waals surface area contributed by atoms with E-state index >= 15 is 0 Å². The molecule has 9 heteroatoms. The van der Waals surface area contributed by atoms with E-state index in [1.807, 2.05) is 0 Å². The minimum absolute atomic E-state index is 0.109. The average Bonchev–Trinajstić information content (AvgIpc) is 3.25. The van der Waals surface area contributed by atoms with Crippen LogP contribution in [0.25, 0.3) is 0 Å². The van der Waals surface area contributed by atoms with Crippen LogP contribution in [0.3, 0.4) is 0 Å². The average molecular weight is 853 g/mol. The van der Waals surface area contributed by atoms with Gasteiger partial charge in [0, 0.05) is 13.0 Å². The first kappa shape index (κ1) is 56.7. The van der Waals surface area contributed by atoms with E-state index in [1.54, 1.807) is 0 Å². The van der Waals surface area contributed by atoms with Crippen molar-refractivity contribution in [2.75, 3.05) is 26.4 Å². The molecule has 1 fully saturated rings. The third-order valence-electron chi connectivity index (χ3n) is 11.9. The quantitative estimate of drug-likeness (QED) is 0.0268. The Morgan fingerprint density at radius 3 is 1.43 bits per heavy atom. The summed E-state index contributed by atoms with van der Waals surface area (Å²) in [6.07, 6.45) is 43.7. The number of hydrogen-bond donors (Lipinski definition) is 4. The maximum absolute atomic E-state index is 12.8. The lowest BCUT2D eigenvalue weighted by molar-refractivity contribution is -0.305. The van der Waals surface area contributed by atoms with E-state index in [0.717, 1.165) is 38.5 Å². The molecule has 6 unspecified atom stereocenters. The summed E-state index contributed by atoms with van der Waals surface area (Å²) < 4.78 is 22.9. The van der Waals surface area contributed by atoms with Crippen molar-refractivity contribution < 1.29 is 44.2 Å². The van der Waals surface area contributed by atoms with Crippen molar-refractivity contribution in [2.24, 2.45) is 0 Å². The Bertz CT molecular complexity index is 972. The Balaban J connectivity index is 2.12. The molecule has 9 nitrogen and oxygen atoms in total. The molecule has 0 aliphatic carbocycles. The van der Waals surface area contributed by atoms with Crippen molar-refractivity contribution in [3.8, 4) is 0 Å². The lowest BCUT2D eigenvalue weighted by atomic mass is 9.99. The number of unbranched alkanes of at least 4 members (excludes halogenated alkanes) is 29. The van der Waals surface area contributed by atoms with Crippen molar-refractivity contribution in [1.82, 2.24) is 0 Å². The summed E-state index contributed by atoms with van der Waals surface area (Å²) in [5.41, 5.74) is 0. The molecule has 60 heavy (non-hydrogen) atoms. The molecule has 1 aliphatic heterocycles. The Morgan fingerprint density at radius 1 is 0.533 bits per heavy atom. The standard InChI is InChI=1S/C51H96O9/c1-3-5-7-9-11-13-15-16-17-18-19-20-21-22-23-24-25-26-27-28-29-31-33-35-37-39-41-57-43-45(44-58-51-50(56)49(55)48(54)46(42-52)60-51)59-47(53)40-38-36-34-32-30-14-12-10-8-6-4-2/h15-16,18-19,45-46,48-52,54-56H,3-14,17,20-44H2,1-2H3/b16-15-,19-18-. The fourth-order valence-electron chi connectivity index (χ4n) is 7.88. The summed E-state index contributed by atoms with van der Waals surface area (Å²) in [5.74, 6) is -0.312. The van der Waals surface area contributed by atoms with Crippen LogP contribution in [0.2, 0.25) is 0 Å². The predicted octanol–water partition coefficient (Wildman–Crippen LogP) is 12.1. The highest BCUT2D eigenvalue weighted by Gasteiger charge is 2.44. The maximum Gasteiger partial charge on any atom is 0.306 e. The zero-order valence-corrected chi connectivity index (χ0v) is 39.0. The zero-order valence-electron chi connectivity index (χ0n) is 39.0. The molecule has 6 atom stereocenters. The van der Waals surface area contributed by atoms with E-state index in [-0.39, 0.29) is 19.2 Å². The molecule has 354 valence electrons. The summed E-state index contributed by atoms with van der Waals surface area (Å²) in [5, 5.41) is 40.1. The van der Waals surface area contributed by atoms with E-state index in [0.29, 0.717) is 13.0 Å². The summed E-state index contributed by atoms with van der Waals surface area (Å²) in [7, 11) is 0. The molecular formula is C51H96O9. The van der Waals surface area contributed by atoms with Gasteiger partial charge in [-0.25, -0.2) is 0 Å². The van der Waals surface area contributed by atoms with Gasteiger partial charge < -0.3 is 39.4 Å². The number of aliphatic hydroxyl groups is 4. The smallest absolute Gasteiger partial charge is 0.306 e. The van der Waals surface area contributed by atoms with Crippen LogP contribution < -0.4 is 0 Å². The van der Waals surface area contributed by atoms with Gasteiger partial charge in [-0.1, -0.05) is 205 Å². The molecule has 0 radical (unpaired) electrons. The van der Waals surface area contributed by atoms with Gasteiger partial charge in [0.2, 0.25) is 0 Å². The first-order valence-corrected chi connectivity index (χ1v) is 25.4. The van der Waals surface area contributed by atoms with E-state index in [2.05, 4.69) is 38.2 Å². The van der Waals surface area contributed by atoms with E-state index in [4.69, 9.17) is 18.9 Å². The fraction of sp³-hybridized carbons (Fsp3) is 0.902. The van der Waals surface area contributed by atoms with Crippen molar-refractivity contribution in [1.29, 1.82) is 0 Å². The number of rotatable bonds is 44. The lowest BCUT2D eigenvalue weighted by Gasteiger charge is -2.39. The second-order valence-corrected chi connectivity index (χ2v) is 17.6. The van der Waals surface area contributed by atoms with Crippen LogP contribution in [0.1, 0.15) is 232 Å². The molecule has 0 bridgehead atoms. The Kier molecular flexibility index (Phi) is 40.6. The van der Waals surface area contributed by atoms with Crippen LogP contribution in [-0.2, 0) is 23.7 Å². The third-order valence-corrected chi connectivity index (χ3v) is 11.9. The molecule has 0 aromatic carbocycles. The van der Waals surface area contributed by atoms with Gasteiger partial charge in [0.25, 0.3) is 0 Å². The number of allylic oxidation sites excluding steroid dienone is 4. The highest BCUT2D eigenvalue weighted by molar-refractivity contribution is 5.69. The summed E-state index contributed by atoms with van der Waals surface area (Å²) in [4.78, 5) is 12.8. The van der Waals surface area contributed by atoms with Crippen LogP contribution in [0, 0.1) is 0 Å². The number of aliphatic hydroxyl groups excluding tert-OH is 4. The molecule has 0 spiro atoms. The molecule has 0 aromatic rings. The van der Waals surface area contributed by atoms with Crippen molar-refractivity contribution >= 4 is 5.97 Å². The monoisotopic (exact) mass is 853 g/mol. The van der Waals surface area contributed by atoms with Gasteiger partial charge in [-0.05, 0) is 44.9 Å². The summed E-state index contributed by atoms with van der Waals surface area (Å²) >= 11 is 0. The minimum atomic E-state index is -1.53. The third kappa shape index (κ3) is 33.3. The molecule has 1 rings (SSSR count). The van der Waals surface area contributed by atoms with E-state index in [1.165, 1.54) is 173 Å². The second kappa shape index (κ2) is 42.9. The lowest BCUT2D eigenvalue weighted by Crippen LogP contribution is -2.59. The van der Waals surface area contributed by atoms with Crippen LogP contribution in [0.15, 0.2) is 24.3 Å². The van der Waals surface area contributed by atoms with E-state index < -0.39 is 43.4 Å². The van der Waals surface area contributed by atoms with Gasteiger partial charge in [0.05, 0.1) is 19.8 Å². The van der Waals surface area contributed by atoms with Crippen molar-refractivity contribution in [3.05, 3.63) is 24.3 Å². The Labute approximate surface area is 368 Å². The Hall–Kier alpha value is -1.33. The molecular weight excluding hydrogens is 757 g/mol. The number of carbonyl (C=O) groups excluding carboxylic acids is 1. The SMILES string of the molecule is CCCCCCC/C=C\C/C=C\CCCCCCCCCCCCCCCCOCC(COC1OC(CO)C(O)C(O)C1O)OC(=O)CCCCCCCCCCCCC. The highest BCUT2D eigenvalue weighted by Crippen LogP contribution is 2.23. The molecule has 4 N–H and O–H groups in total. The highest BCUT2D eigenvalue weighted by atomic mass is 16.7. The van der Waals surface area contributed by atoms with Crippen molar-refractivity contribution in [2.45, 2.75) is 269 Å². The molecule has 0 amide bonds. The normalized spacial score (nSPS) is 20.1. The topological polar surface area (TPSA) is 135 Å². The summed E-state index contributed by atoms with van der Waals surface area (Å²) in [6.45, 7) is 4.57. The molecule has 1 heterocycles. The predicted molar refractivity (Wildman–Crippen MR) is 247 cm³/mol. The van der Waals surface area contributed by atoms with Gasteiger partial charge in [0.1, 0.15) is 30.5 Å². The van der Waals surface area contributed by atoms with Crippen LogP contribution in [0.4, 0.5) is 0 Å². The second-order valence-electron chi connectivity index (χ2n) is 17.6. The van der Waals surface area contributed by atoms with Gasteiger partial charge >= 0.3 is 5.97 Å². The molecule has 1 aliphatic rings. The number of carbonyl (C=O) groups is 1. The molecule has 0 saturated carbocycles. The van der Waals surface area contributed by atoms with Gasteiger partial charge in [0.15, 0.2) is 6.29 Å². The zero-order chi connectivity index (χ0) is 43.6. The molecule has 0 aromatic heterocycles. The number of hydrogen-bond acceptors (Lipinski definition) is 9. The summed E-state index contributed by atoms with van der Waals surface area (Å²) in [6, 6.07) is 0. The number of esters is 1. The van der Waals surface area contributed by atoms with Crippen LogP contribution in [-0.4, -0.2) is 89.6 Å². The Morgan fingerprint density at radius 2 is 0.967 bits per heavy atom. The van der Waals surface area contributed by atoms with Crippen LogP contribution >= 0.6 is 0 Å². The first-order chi connectivity index (χ1) is 29.4. The van der Waals surface area contributed by atoms with Crippen molar-refractivity contribution in [3.63, 3.8) is 0 Å². The maximum atomic E-state index is 12.8. The van der Waals surface area contributed by atoms with Gasteiger partial charge in [-0.15, -0.1) is 0 Å². The fourth-order valence-corrected chi connectivity index (χ4v) is 7.88. The van der Waals surface area contributed by atoms with Gasteiger partial charge in [-0.2, -0.15) is 0 Å².